The van der Waals surface area contributed by atoms with Gasteiger partial charge in [0, 0.05) is 29.5 Å². The van der Waals surface area contributed by atoms with Gasteiger partial charge in [-0.3, -0.25) is 4.84 Å². The SMILES string of the molecule is CCON1CC(CC#N)(n2cc(-c3ccnc4[nH]ccc34)cc2C#N)C1. The molecule has 7 heteroatoms. The molecule has 4 heterocycles. The first kappa shape index (κ1) is 16.3. The number of aromatic amines is 1. The topological polar surface area (TPSA) is 93.7 Å². The second-order valence-electron chi connectivity index (χ2n) is 6.47. The van der Waals surface area contributed by atoms with Gasteiger partial charge >= 0.3 is 0 Å². The highest BCUT2D eigenvalue weighted by molar-refractivity contribution is 5.93. The lowest BCUT2D eigenvalue weighted by molar-refractivity contribution is -0.240. The summed E-state index contributed by atoms with van der Waals surface area (Å²) in [6.45, 7) is 3.71. The van der Waals surface area contributed by atoms with Gasteiger partial charge in [-0.05, 0) is 30.7 Å². The standard InChI is InChI=1S/C19H18N6O/c1-2-26-24-12-19(13-24,5-6-20)25-11-14(9-15(25)10-21)16-3-7-22-18-17(16)4-8-23-18/h3-4,7-9,11H,2,5,12-13H2,1H3,(H,22,23). The molecule has 26 heavy (non-hydrogen) atoms. The van der Waals surface area contributed by atoms with Crippen LogP contribution in [0.3, 0.4) is 0 Å². The second kappa shape index (κ2) is 6.30. The highest BCUT2D eigenvalue weighted by Gasteiger charge is 2.46. The monoisotopic (exact) mass is 346 g/mol. The number of hydroxylamine groups is 2. The van der Waals surface area contributed by atoms with Gasteiger partial charge in [-0.15, -0.1) is 0 Å². The van der Waals surface area contributed by atoms with Crippen LogP contribution in [0.15, 0.2) is 36.8 Å². The van der Waals surface area contributed by atoms with Crippen LogP contribution in [0.2, 0.25) is 0 Å². The molecule has 1 fully saturated rings. The molecule has 0 amide bonds. The minimum atomic E-state index is -0.433. The number of H-pyrrole nitrogens is 1. The van der Waals surface area contributed by atoms with Crippen molar-refractivity contribution in [2.75, 3.05) is 19.7 Å². The third-order valence-corrected chi connectivity index (χ3v) is 4.88. The summed E-state index contributed by atoms with van der Waals surface area (Å²) in [7, 11) is 0. The smallest absolute Gasteiger partial charge is 0.137 e. The van der Waals surface area contributed by atoms with E-state index in [1.165, 1.54) is 0 Å². The van der Waals surface area contributed by atoms with Crippen molar-refractivity contribution in [1.82, 2.24) is 19.6 Å². The molecule has 0 radical (unpaired) electrons. The van der Waals surface area contributed by atoms with E-state index in [0.29, 0.717) is 31.8 Å². The molecule has 1 aliphatic rings. The molecule has 1 aliphatic heterocycles. The Bertz CT molecular complexity index is 1030. The van der Waals surface area contributed by atoms with Crippen LogP contribution in [0.5, 0.6) is 0 Å². The number of nitrogens with one attached hydrogen (secondary N) is 1. The number of nitrogens with zero attached hydrogens (tertiary/aromatic N) is 5. The van der Waals surface area contributed by atoms with Crippen LogP contribution in [0.25, 0.3) is 22.2 Å². The second-order valence-corrected chi connectivity index (χ2v) is 6.47. The summed E-state index contributed by atoms with van der Waals surface area (Å²) in [5.41, 5.74) is 2.89. The summed E-state index contributed by atoms with van der Waals surface area (Å²) < 4.78 is 1.94. The normalized spacial score (nSPS) is 16.1. The average Bonchev–Trinajstić information content (AvgIpc) is 3.26. The van der Waals surface area contributed by atoms with Crippen molar-refractivity contribution in [2.45, 2.75) is 18.9 Å². The van der Waals surface area contributed by atoms with Gasteiger partial charge in [-0.25, -0.2) is 4.98 Å². The summed E-state index contributed by atoms with van der Waals surface area (Å²) in [6, 6.07) is 10.4. The molecule has 0 spiro atoms. The van der Waals surface area contributed by atoms with Crippen LogP contribution < -0.4 is 0 Å². The van der Waals surface area contributed by atoms with Crippen molar-refractivity contribution in [3.63, 3.8) is 0 Å². The number of fused-ring (bicyclic) bond motifs is 1. The quantitative estimate of drug-likeness (QED) is 0.767. The van der Waals surface area contributed by atoms with E-state index in [-0.39, 0.29) is 0 Å². The van der Waals surface area contributed by atoms with Crippen LogP contribution >= 0.6 is 0 Å². The molecule has 130 valence electrons. The summed E-state index contributed by atoms with van der Waals surface area (Å²) in [5.74, 6) is 0. The Labute approximate surface area is 151 Å². The number of rotatable bonds is 5. The summed E-state index contributed by atoms with van der Waals surface area (Å²) in [6.07, 6.45) is 5.91. The van der Waals surface area contributed by atoms with Crippen molar-refractivity contribution in [3.8, 4) is 23.3 Å². The molecular weight excluding hydrogens is 328 g/mol. The molecule has 0 unspecified atom stereocenters. The van der Waals surface area contributed by atoms with Crippen molar-refractivity contribution in [2.24, 2.45) is 0 Å². The zero-order valence-corrected chi connectivity index (χ0v) is 14.4. The summed E-state index contributed by atoms with van der Waals surface area (Å²) in [5, 5.41) is 21.8. The zero-order chi connectivity index (χ0) is 18.1. The van der Waals surface area contributed by atoms with E-state index >= 15 is 0 Å². The van der Waals surface area contributed by atoms with E-state index in [0.717, 1.165) is 22.2 Å². The lowest BCUT2D eigenvalue weighted by atomic mass is 9.88. The molecule has 1 N–H and O–H groups in total. The van der Waals surface area contributed by atoms with Gasteiger partial charge in [0.05, 0.1) is 37.7 Å². The predicted molar refractivity (Wildman–Crippen MR) is 95.6 cm³/mol. The van der Waals surface area contributed by atoms with Crippen molar-refractivity contribution in [1.29, 1.82) is 10.5 Å². The number of nitriles is 2. The maximum atomic E-state index is 9.66. The first-order valence-electron chi connectivity index (χ1n) is 8.51. The third-order valence-electron chi connectivity index (χ3n) is 4.88. The molecule has 0 saturated carbocycles. The largest absolute Gasteiger partial charge is 0.346 e. The highest BCUT2D eigenvalue weighted by Crippen LogP contribution is 2.37. The Balaban J connectivity index is 1.78. The van der Waals surface area contributed by atoms with E-state index in [1.807, 2.05) is 47.1 Å². The number of aromatic nitrogens is 3. The van der Waals surface area contributed by atoms with Gasteiger partial charge < -0.3 is 9.55 Å². The van der Waals surface area contributed by atoms with Crippen molar-refractivity contribution in [3.05, 3.63) is 42.5 Å². The Morgan fingerprint density at radius 1 is 1.35 bits per heavy atom. The van der Waals surface area contributed by atoms with Crippen molar-refractivity contribution >= 4 is 11.0 Å². The molecule has 3 aromatic rings. The van der Waals surface area contributed by atoms with E-state index in [9.17, 15) is 10.5 Å². The first-order valence-corrected chi connectivity index (χ1v) is 8.51. The van der Waals surface area contributed by atoms with E-state index in [1.54, 1.807) is 6.20 Å². The molecular formula is C19H18N6O. The maximum Gasteiger partial charge on any atom is 0.137 e. The molecule has 0 aliphatic carbocycles. The van der Waals surface area contributed by atoms with Gasteiger partial charge in [-0.2, -0.15) is 15.6 Å². The Morgan fingerprint density at radius 2 is 2.19 bits per heavy atom. The lowest BCUT2D eigenvalue weighted by Gasteiger charge is -2.49. The predicted octanol–water partition coefficient (Wildman–Crippen LogP) is 2.78. The summed E-state index contributed by atoms with van der Waals surface area (Å²) >= 11 is 0. The van der Waals surface area contributed by atoms with Crippen LogP contribution in [0.4, 0.5) is 0 Å². The minimum absolute atomic E-state index is 0.329. The lowest BCUT2D eigenvalue weighted by Crippen LogP contribution is -2.62. The fourth-order valence-corrected chi connectivity index (χ4v) is 3.68. The maximum absolute atomic E-state index is 9.66. The zero-order valence-electron chi connectivity index (χ0n) is 14.4. The number of hydrogen-bond donors (Lipinski definition) is 1. The van der Waals surface area contributed by atoms with Crippen LogP contribution in [-0.4, -0.2) is 39.3 Å². The van der Waals surface area contributed by atoms with Gasteiger partial charge in [0.15, 0.2) is 0 Å². The summed E-state index contributed by atoms with van der Waals surface area (Å²) in [4.78, 5) is 13.0. The minimum Gasteiger partial charge on any atom is -0.346 e. The van der Waals surface area contributed by atoms with Crippen LogP contribution in [0.1, 0.15) is 19.0 Å². The molecule has 3 aromatic heterocycles. The fourth-order valence-electron chi connectivity index (χ4n) is 3.68. The average molecular weight is 346 g/mol. The Hall–Kier alpha value is -3.13. The number of hydrogen-bond acceptors (Lipinski definition) is 5. The van der Waals surface area contributed by atoms with E-state index < -0.39 is 5.54 Å². The molecule has 4 rings (SSSR count). The highest BCUT2D eigenvalue weighted by atomic mass is 16.7. The van der Waals surface area contributed by atoms with E-state index in [4.69, 9.17) is 4.84 Å². The van der Waals surface area contributed by atoms with Gasteiger partial charge in [0.25, 0.3) is 0 Å². The Morgan fingerprint density at radius 3 is 2.92 bits per heavy atom. The van der Waals surface area contributed by atoms with Gasteiger partial charge in [0.1, 0.15) is 17.4 Å². The first-order chi connectivity index (χ1) is 12.7. The van der Waals surface area contributed by atoms with Gasteiger partial charge in [-0.1, -0.05) is 0 Å². The molecule has 7 nitrogen and oxygen atoms in total. The molecule has 0 atom stereocenters. The number of pyridine rings is 1. The molecule has 0 bridgehead atoms. The van der Waals surface area contributed by atoms with Gasteiger partial charge in [0.2, 0.25) is 0 Å². The van der Waals surface area contributed by atoms with Crippen LogP contribution in [0, 0.1) is 22.7 Å². The fraction of sp³-hybridized carbons (Fsp3) is 0.316. The van der Waals surface area contributed by atoms with E-state index in [2.05, 4.69) is 22.1 Å². The molecule has 1 saturated heterocycles. The molecule has 0 aromatic carbocycles. The van der Waals surface area contributed by atoms with Crippen molar-refractivity contribution < 1.29 is 4.84 Å². The van der Waals surface area contributed by atoms with Crippen LogP contribution in [-0.2, 0) is 10.4 Å². The Kier molecular flexibility index (Phi) is 3.96. The third kappa shape index (κ3) is 2.46.